The zero-order valence-electron chi connectivity index (χ0n) is 12.2. The monoisotopic (exact) mass is 455 g/mol. The molecule has 0 amide bonds. The number of rotatable bonds is 6. The summed E-state index contributed by atoms with van der Waals surface area (Å²) in [6, 6.07) is 5.96. The molecule has 1 heterocycles. The van der Waals surface area contributed by atoms with Gasteiger partial charge in [-0.15, -0.1) is 35.3 Å². The molecule has 23 heavy (non-hydrogen) atoms. The fourth-order valence-corrected chi connectivity index (χ4v) is 2.58. The van der Waals surface area contributed by atoms with E-state index < -0.39 is 17.5 Å². The van der Waals surface area contributed by atoms with Gasteiger partial charge in [0.15, 0.2) is 23.4 Å². The topological polar surface area (TPSA) is 50.4 Å². The van der Waals surface area contributed by atoms with Crippen LogP contribution in [-0.4, -0.2) is 19.0 Å². The summed E-state index contributed by atoms with van der Waals surface area (Å²) in [6.45, 7) is 0.929. The van der Waals surface area contributed by atoms with E-state index in [9.17, 15) is 13.2 Å². The van der Waals surface area contributed by atoms with Crippen molar-refractivity contribution in [3.05, 3.63) is 57.5 Å². The molecular formula is C15H17F3IN3S. The van der Waals surface area contributed by atoms with Gasteiger partial charge in [0.2, 0.25) is 0 Å². The van der Waals surface area contributed by atoms with E-state index in [0.717, 1.165) is 18.6 Å². The van der Waals surface area contributed by atoms with Crippen LogP contribution in [-0.2, 0) is 12.8 Å². The first-order valence-electron chi connectivity index (χ1n) is 6.76. The maximum Gasteiger partial charge on any atom is 0.194 e. The standard InChI is InChI=1S/C15H16F3N3S.HI/c16-12-8-10(9-13(17)14(12)18)3-5-20-15(19)21-6-4-11-2-1-7-22-11;/h1-2,7-9H,3-6H2,(H3,19,20,21);1H. The second-order valence-corrected chi connectivity index (χ2v) is 5.68. The van der Waals surface area contributed by atoms with Crippen LogP contribution in [0.4, 0.5) is 13.2 Å². The lowest BCUT2D eigenvalue weighted by Crippen LogP contribution is -2.33. The summed E-state index contributed by atoms with van der Waals surface area (Å²) < 4.78 is 38.9. The Morgan fingerprint density at radius 2 is 1.87 bits per heavy atom. The van der Waals surface area contributed by atoms with Gasteiger partial charge in [-0.1, -0.05) is 6.07 Å². The molecule has 0 fully saturated rings. The van der Waals surface area contributed by atoms with Crippen LogP contribution >= 0.6 is 35.3 Å². The average Bonchev–Trinajstić information content (AvgIpc) is 2.98. The van der Waals surface area contributed by atoms with Crippen LogP contribution in [0.25, 0.3) is 0 Å². The number of nitrogens with two attached hydrogens (primary N) is 1. The molecule has 0 spiro atoms. The lowest BCUT2D eigenvalue weighted by Gasteiger charge is -2.06. The maximum atomic E-state index is 13.0. The van der Waals surface area contributed by atoms with Crippen LogP contribution in [0.2, 0.25) is 0 Å². The molecule has 0 radical (unpaired) electrons. The fraction of sp³-hybridized carbons (Fsp3) is 0.267. The lowest BCUT2D eigenvalue weighted by molar-refractivity contribution is 0.445. The number of nitrogens with one attached hydrogen (secondary N) is 1. The van der Waals surface area contributed by atoms with Crippen molar-refractivity contribution in [2.75, 3.05) is 13.1 Å². The molecule has 3 nitrogen and oxygen atoms in total. The molecule has 0 aliphatic carbocycles. The Hall–Kier alpha value is -1.29. The highest BCUT2D eigenvalue weighted by molar-refractivity contribution is 14.0. The molecule has 0 saturated carbocycles. The highest BCUT2D eigenvalue weighted by atomic mass is 127. The summed E-state index contributed by atoms with van der Waals surface area (Å²) in [4.78, 5) is 5.39. The third-order valence-corrected chi connectivity index (χ3v) is 3.92. The second-order valence-electron chi connectivity index (χ2n) is 4.65. The van der Waals surface area contributed by atoms with E-state index in [-0.39, 0.29) is 29.9 Å². The number of hydrogen-bond donors (Lipinski definition) is 2. The first-order chi connectivity index (χ1) is 10.6. The lowest BCUT2D eigenvalue weighted by atomic mass is 10.1. The Balaban J connectivity index is 0.00000264. The predicted molar refractivity (Wildman–Crippen MR) is 98.0 cm³/mol. The van der Waals surface area contributed by atoms with Crippen LogP contribution < -0.4 is 11.1 Å². The van der Waals surface area contributed by atoms with Gasteiger partial charge in [0.1, 0.15) is 0 Å². The van der Waals surface area contributed by atoms with E-state index in [0.29, 0.717) is 25.1 Å². The van der Waals surface area contributed by atoms with Crippen LogP contribution in [0.3, 0.4) is 0 Å². The second kappa shape index (κ2) is 9.76. The number of nitrogens with zero attached hydrogens (tertiary/aromatic N) is 1. The first kappa shape index (κ1) is 19.8. The molecule has 8 heteroatoms. The minimum Gasteiger partial charge on any atom is -0.370 e. The van der Waals surface area contributed by atoms with Gasteiger partial charge < -0.3 is 11.1 Å². The predicted octanol–water partition coefficient (Wildman–Crippen LogP) is 3.47. The number of guanidine groups is 1. The minimum atomic E-state index is -1.45. The average molecular weight is 455 g/mol. The van der Waals surface area contributed by atoms with Gasteiger partial charge in [-0.2, -0.15) is 0 Å². The molecule has 0 atom stereocenters. The number of benzene rings is 1. The Kier molecular flexibility index (Phi) is 8.38. The largest absolute Gasteiger partial charge is 0.370 e. The Morgan fingerprint density at radius 3 is 2.48 bits per heavy atom. The number of halogens is 4. The number of thiophene rings is 1. The van der Waals surface area contributed by atoms with Crippen LogP contribution in [0.1, 0.15) is 10.4 Å². The highest BCUT2D eigenvalue weighted by Crippen LogP contribution is 2.13. The van der Waals surface area contributed by atoms with Crippen molar-refractivity contribution >= 4 is 41.3 Å². The van der Waals surface area contributed by atoms with Crippen LogP contribution in [0, 0.1) is 17.5 Å². The highest BCUT2D eigenvalue weighted by Gasteiger charge is 2.10. The van der Waals surface area contributed by atoms with Crippen molar-refractivity contribution < 1.29 is 13.2 Å². The summed E-state index contributed by atoms with van der Waals surface area (Å²) in [6.07, 6.45) is 1.13. The van der Waals surface area contributed by atoms with Gasteiger partial charge in [0, 0.05) is 24.4 Å². The molecule has 1 aromatic carbocycles. The van der Waals surface area contributed by atoms with Crippen LogP contribution in [0.15, 0.2) is 34.6 Å². The van der Waals surface area contributed by atoms with Gasteiger partial charge in [-0.3, -0.25) is 4.99 Å². The molecule has 0 bridgehead atoms. The van der Waals surface area contributed by atoms with Crippen molar-refractivity contribution in [1.29, 1.82) is 0 Å². The van der Waals surface area contributed by atoms with E-state index in [1.807, 2.05) is 17.5 Å². The number of aliphatic imine (C=N–C) groups is 1. The van der Waals surface area contributed by atoms with E-state index in [1.165, 1.54) is 4.88 Å². The Morgan fingerprint density at radius 1 is 1.17 bits per heavy atom. The van der Waals surface area contributed by atoms with E-state index in [4.69, 9.17) is 5.73 Å². The molecule has 2 rings (SSSR count). The third kappa shape index (κ3) is 6.38. The van der Waals surface area contributed by atoms with Crippen molar-refractivity contribution in [3.63, 3.8) is 0 Å². The molecule has 0 unspecified atom stereocenters. The number of hydrogen-bond acceptors (Lipinski definition) is 2. The van der Waals surface area contributed by atoms with Crippen LogP contribution in [0.5, 0.6) is 0 Å². The third-order valence-electron chi connectivity index (χ3n) is 2.98. The van der Waals surface area contributed by atoms with E-state index in [2.05, 4.69) is 10.3 Å². The van der Waals surface area contributed by atoms with Crippen molar-refractivity contribution in [3.8, 4) is 0 Å². The molecule has 0 aliphatic rings. The van der Waals surface area contributed by atoms with E-state index in [1.54, 1.807) is 11.3 Å². The SMILES string of the molecule is I.NC(=NCCc1cccs1)NCCc1cc(F)c(F)c(F)c1. The minimum absolute atomic E-state index is 0. The summed E-state index contributed by atoms with van der Waals surface area (Å²) >= 11 is 1.66. The maximum absolute atomic E-state index is 13.0. The Labute approximate surface area is 153 Å². The zero-order chi connectivity index (χ0) is 15.9. The smallest absolute Gasteiger partial charge is 0.194 e. The zero-order valence-corrected chi connectivity index (χ0v) is 15.3. The molecule has 0 aliphatic heterocycles. The Bertz CT molecular complexity index is 624. The van der Waals surface area contributed by atoms with E-state index >= 15 is 0 Å². The summed E-state index contributed by atoms with van der Waals surface area (Å²) in [5, 5.41) is 4.86. The van der Waals surface area contributed by atoms with Gasteiger partial charge in [-0.25, -0.2) is 13.2 Å². The quantitative estimate of drug-likeness (QED) is 0.304. The summed E-state index contributed by atoms with van der Waals surface area (Å²) in [7, 11) is 0. The van der Waals surface area contributed by atoms with Gasteiger partial charge in [0.25, 0.3) is 0 Å². The van der Waals surface area contributed by atoms with Gasteiger partial charge >= 0.3 is 0 Å². The molecule has 2 aromatic rings. The summed E-state index contributed by atoms with van der Waals surface area (Å²) in [5.74, 6) is -3.55. The first-order valence-corrected chi connectivity index (χ1v) is 7.64. The van der Waals surface area contributed by atoms with Crippen molar-refractivity contribution in [2.45, 2.75) is 12.8 Å². The molecule has 0 saturated heterocycles. The molecule has 126 valence electrons. The van der Waals surface area contributed by atoms with Gasteiger partial charge in [0.05, 0.1) is 0 Å². The van der Waals surface area contributed by atoms with Gasteiger partial charge in [-0.05, 0) is 35.6 Å². The van der Waals surface area contributed by atoms with Crippen molar-refractivity contribution in [1.82, 2.24) is 5.32 Å². The molecular weight excluding hydrogens is 438 g/mol. The molecule has 1 aromatic heterocycles. The normalized spacial score (nSPS) is 11.2. The molecule has 3 N–H and O–H groups in total. The van der Waals surface area contributed by atoms with Crippen molar-refractivity contribution in [2.24, 2.45) is 10.7 Å². The summed E-state index contributed by atoms with van der Waals surface area (Å²) in [5.41, 5.74) is 6.05. The fourth-order valence-electron chi connectivity index (χ4n) is 1.88.